The third-order valence-corrected chi connectivity index (χ3v) is 5.27. The number of nitrogens with zero attached hydrogens (tertiary/aromatic N) is 1. The van der Waals surface area contributed by atoms with Crippen LogP contribution in [-0.4, -0.2) is 16.6 Å². The molecule has 26 heavy (non-hydrogen) atoms. The second kappa shape index (κ2) is 5.60. The van der Waals surface area contributed by atoms with Crippen molar-refractivity contribution in [1.29, 1.82) is 0 Å². The van der Waals surface area contributed by atoms with Crippen molar-refractivity contribution in [3.05, 3.63) is 70.4 Å². The predicted molar refractivity (Wildman–Crippen MR) is 102 cm³/mol. The Hall–Kier alpha value is -3.32. The monoisotopic (exact) mass is 339 g/mol. The summed E-state index contributed by atoms with van der Waals surface area (Å²) < 4.78 is 0. The van der Waals surface area contributed by atoms with Crippen LogP contribution in [0.2, 0.25) is 0 Å². The summed E-state index contributed by atoms with van der Waals surface area (Å²) in [4.78, 5) is 15.9. The molecule has 2 aliphatic rings. The largest absolute Gasteiger partial charge is 0.358 e. The van der Waals surface area contributed by atoms with Crippen molar-refractivity contribution in [3.63, 3.8) is 0 Å². The molecule has 126 valence electrons. The van der Waals surface area contributed by atoms with Gasteiger partial charge in [-0.05, 0) is 55.5 Å². The molecule has 0 radical (unpaired) electrons. The van der Waals surface area contributed by atoms with Crippen LogP contribution in [0.3, 0.4) is 0 Å². The molecule has 0 spiro atoms. The third-order valence-electron chi connectivity index (χ3n) is 5.27. The van der Waals surface area contributed by atoms with Crippen molar-refractivity contribution < 1.29 is 4.79 Å². The van der Waals surface area contributed by atoms with Gasteiger partial charge >= 0.3 is 0 Å². The Morgan fingerprint density at radius 2 is 1.96 bits per heavy atom. The molecule has 0 fully saturated rings. The molecule has 1 aliphatic carbocycles. The van der Waals surface area contributed by atoms with Crippen molar-refractivity contribution in [2.75, 3.05) is 0 Å². The quantitative estimate of drug-likeness (QED) is 0.652. The number of H-pyrrole nitrogens is 1. The number of hydrogen-bond acceptors (Lipinski definition) is 2. The number of amides is 1. The van der Waals surface area contributed by atoms with Crippen molar-refractivity contribution in [2.24, 2.45) is 5.10 Å². The van der Waals surface area contributed by atoms with Crippen molar-refractivity contribution in [2.45, 2.75) is 25.7 Å². The predicted octanol–water partition coefficient (Wildman–Crippen LogP) is 3.72. The van der Waals surface area contributed by atoms with Crippen LogP contribution in [0.25, 0.3) is 10.9 Å². The fourth-order valence-corrected chi connectivity index (χ4v) is 4.12. The second-order valence-electron chi connectivity index (χ2n) is 6.81. The summed E-state index contributed by atoms with van der Waals surface area (Å²) >= 11 is 0. The van der Waals surface area contributed by atoms with Crippen LogP contribution >= 0.6 is 0 Å². The molecule has 0 saturated heterocycles. The lowest BCUT2D eigenvalue weighted by molar-refractivity contribution is 0.0957. The molecule has 2 N–H and O–H groups in total. The van der Waals surface area contributed by atoms with Gasteiger partial charge in [0, 0.05) is 27.7 Å². The molecule has 1 unspecified atom stereocenters. The number of nitrogens with one attached hydrogen (secondary N) is 2. The average molecular weight is 339 g/mol. The molecule has 2 heterocycles. The van der Waals surface area contributed by atoms with Crippen molar-refractivity contribution in [1.82, 2.24) is 10.4 Å². The van der Waals surface area contributed by atoms with Gasteiger partial charge in [-0.3, -0.25) is 4.79 Å². The highest BCUT2D eigenvalue weighted by atomic mass is 16.2. The van der Waals surface area contributed by atoms with Gasteiger partial charge in [0.05, 0.1) is 11.3 Å². The molecule has 5 rings (SSSR count). The van der Waals surface area contributed by atoms with Gasteiger partial charge in [-0.1, -0.05) is 24.1 Å². The molecule has 1 aromatic heterocycles. The number of carbonyl (C=O) groups is 1. The zero-order valence-electron chi connectivity index (χ0n) is 14.4. The van der Waals surface area contributed by atoms with E-state index in [1.54, 1.807) is 0 Å². The lowest BCUT2D eigenvalue weighted by Crippen LogP contribution is -2.22. The second-order valence-corrected chi connectivity index (χ2v) is 6.81. The van der Waals surface area contributed by atoms with Crippen LogP contribution in [0.5, 0.6) is 0 Å². The van der Waals surface area contributed by atoms with Crippen molar-refractivity contribution in [3.8, 4) is 11.8 Å². The first-order chi connectivity index (χ1) is 12.7. The zero-order chi connectivity index (χ0) is 17.7. The van der Waals surface area contributed by atoms with E-state index in [-0.39, 0.29) is 5.91 Å². The van der Waals surface area contributed by atoms with Crippen LogP contribution < -0.4 is 5.43 Å². The first-order valence-corrected chi connectivity index (χ1v) is 8.78. The summed E-state index contributed by atoms with van der Waals surface area (Å²) in [6.07, 6.45) is 1.73. The maximum atomic E-state index is 12.4. The summed E-state index contributed by atoms with van der Waals surface area (Å²) in [5, 5.41) is 5.45. The highest BCUT2D eigenvalue weighted by Crippen LogP contribution is 2.38. The molecule has 1 amide bonds. The lowest BCUT2D eigenvalue weighted by Gasteiger charge is -2.24. The van der Waals surface area contributed by atoms with Gasteiger partial charge in [-0.25, -0.2) is 5.43 Å². The molecule has 0 bridgehead atoms. The van der Waals surface area contributed by atoms with E-state index in [1.165, 1.54) is 5.56 Å². The van der Waals surface area contributed by atoms with Crippen LogP contribution in [0, 0.1) is 11.8 Å². The van der Waals surface area contributed by atoms with E-state index in [1.807, 2.05) is 25.1 Å². The Bertz CT molecular complexity index is 1140. The maximum absolute atomic E-state index is 12.4. The van der Waals surface area contributed by atoms with E-state index in [2.05, 4.69) is 51.6 Å². The van der Waals surface area contributed by atoms with Crippen LogP contribution in [-0.2, 0) is 6.42 Å². The Kier molecular flexibility index (Phi) is 3.23. The maximum Gasteiger partial charge on any atom is 0.272 e. The van der Waals surface area contributed by atoms with Gasteiger partial charge in [0.2, 0.25) is 0 Å². The third kappa shape index (κ3) is 2.18. The molecule has 1 aliphatic heterocycles. The van der Waals surface area contributed by atoms with Crippen LogP contribution in [0.15, 0.2) is 47.6 Å². The number of carbonyl (C=O) groups excluding carboxylic acids is 1. The smallest absolute Gasteiger partial charge is 0.272 e. The number of hydrazone groups is 1. The first kappa shape index (κ1) is 15.0. The van der Waals surface area contributed by atoms with Crippen LogP contribution in [0.4, 0.5) is 0 Å². The number of hydrogen-bond donors (Lipinski definition) is 2. The summed E-state index contributed by atoms with van der Waals surface area (Å²) in [6, 6.07) is 14.3. The molecule has 3 aromatic rings. The van der Waals surface area contributed by atoms with E-state index >= 15 is 0 Å². The molecular formula is C22H17N3O. The topological polar surface area (TPSA) is 57.2 Å². The van der Waals surface area contributed by atoms with E-state index in [0.717, 1.165) is 46.3 Å². The number of aromatic nitrogens is 1. The minimum Gasteiger partial charge on any atom is -0.358 e. The molecule has 2 aromatic carbocycles. The van der Waals surface area contributed by atoms with Crippen LogP contribution in [0.1, 0.15) is 52.0 Å². The fourth-order valence-electron chi connectivity index (χ4n) is 4.12. The fraction of sp³-hybridized carbons (Fsp3) is 0.182. The van der Waals surface area contributed by atoms with Crippen molar-refractivity contribution >= 4 is 22.5 Å². The summed E-state index contributed by atoms with van der Waals surface area (Å²) in [5.41, 5.74) is 9.95. The summed E-state index contributed by atoms with van der Waals surface area (Å²) in [7, 11) is 0. The number of aromatic amines is 1. The summed E-state index contributed by atoms with van der Waals surface area (Å²) in [5.74, 6) is 6.20. The molecule has 4 heteroatoms. The lowest BCUT2D eigenvalue weighted by atomic mass is 9.81. The Morgan fingerprint density at radius 1 is 1.12 bits per heavy atom. The first-order valence-electron chi connectivity index (χ1n) is 8.78. The van der Waals surface area contributed by atoms with Gasteiger partial charge in [0.1, 0.15) is 0 Å². The van der Waals surface area contributed by atoms with E-state index in [0.29, 0.717) is 11.5 Å². The standard InChI is InChI=1S/C22H17N3O/c1-2-4-13-7-9-14(10-8-13)15-11-18-21-19(12-15)24-25-22(26)16-5-3-6-17(23-18)20(16)21/h3,5-10,15,23H,11-12H2,1H3,(H,25,26). The van der Waals surface area contributed by atoms with Gasteiger partial charge < -0.3 is 4.98 Å². The van der Waals surface area contributed by atoms with Gasteiger partial charge in [-0.15, -0.1) is 5.92 Å². The summed E-state index contributed by atoms with van der Waals surface area (Å²) in [6.45, 7) is 1.85. The average Bonchev–Trinajstić information content (AvgIpc) is 2.98. The SMILES string of the molecule is CC#Cc1ccc(C2CC3=NNC(=O)c4cccc5[nH]c(c3c45)C2)cc1. The molecule has 0 saturated carbocycles. The minimum absolute atomic E-state index is 0.140. The van der Waals surface area contributed by atoms with Gasteiger partial charge in [0.25, 0.3) is 5.91 Å². The van der Waals surface area contributed by atoms with E-state index in [4.69, 9.17) is 0 Å². The Balaban J connectivity index is 1.62. The highest BCUT2D eigenvalue weighted by Gasteiger charge is 2.31. The molecule has 1 atom stereocenters. The Morgan fingerprint density at radius 3 is 2.77 bits per heavy atom. The number of rotatable bonds is 1. The highest BCUT2D eigenvalue weighted by molar-refractivity contribution is 6.20. The number of benzene rings is 2. The van der Waals surface area contributed by atoms with E-state index < -0.39 is 0 Å². The normalized spacial score (nSPS) is 17.8. The zero-order valence-corrected chi connectivity index (χ0v) is 14.4. The Labute approximate surface area is 151 Å². The minimum atomic E-state index is -0.140. The molecule has 4 nitrogen and oxygen atoms in total. The van der Waals surface area contributed by atoms with E-state index in [9.17, 15) is 4.79 Å². The van der Waals surface area contributed by atoms with Gasteiger partial charge in [-0.2, -0.15) is 5.10 Å². The molecular weight excluding hydrogens is 322 g/mol. The van der Waals surface area contributed by atoms with Gasteiger partial charge in [0.15, 0.2) is 0 Å².